The molecule has 2 heterocycles. The predicted molar refractivity (Wildman–Crippen MR) is 89.0 cm³/mol. The lowest BCUT2D eigenvalue weighted by molar-refractivity contribution is -0.130. The first kappa shape index (κ1) is 17.8. The number of hydrogen-bond donors (Lipinski definition) is 0. The number of hydrogen-bond acceptors (Lipinski definition) is 4. The first-order valence-electron chi connectivity index (χ1n) is 8.72. The van der Waals surface area contributed by atoms with E-state index < -0.39 is 5.41 Å². The van der Waals surface area contributed by atoms with E-state index in [0.29, 0.717) is 19.3 Å². The number of Topliss-reactive ketones (excluding diaryl/α,β-unsaturated/α-hetero) is 2. The van der Waals surface area contributed by atoms with Gasteiger partial charge in [0.05, 0.1) is 5.69 Å². The van der Waals surface area contributed by atoms with Gasteiger partial charge in [0.15, 0.2) is 0 Å². The van der Waals surface area contributed by atoms with Crippen LogP contribution in [-0.2, 0) is 22.6 Å². The van der Waals surface area contributed by atoms with Crippen molar-refractivity contribution >= 4 is 11.6 Å². The van der Waals surface area contributed by atoms with E-state index in [1.54, 1.807) is 6.92 Å². The zero-order valence-corrected chi connectivity index (χ0v) is 14.9. The molecule has 0 amide bonds. The average Bonchev–Trinajstić information content (AvgIpc) is 2.95. The molecule has 1 aliphatic rings. The maximum atomic E-state index is 12.8. The summed E-state index contributed by atoms with van der Waals surface area (Å²) in [5.41, 5.74) is 0.0776. The molecule has 5 heteroatoms. The van der Waals surface area contributed by atoms with Crippen molar-refractivity contribution in [2.24, 2.45) is 10.8 Å². The summed E-state index contributed by atoms with van der Waals surface area (Å²) >= 11 is 0. The summed E-state index contributed by atoms with van der Waals surface area (Å²) in [5, 5.41) is 8.40. The Hall–Kier alpha value is -1.52. The van der Waals surface area contributed by atoms with Gasteiger partial charge in [-0.25, -0.2) is 0 Å². The monoisotopic (exact) mass is 319 g/mol. The minimum Gasteiger partial charge on any atom is -0.299 e. The summed E-state index contributed by atoms with van der Waals surface area (Å²) in [5.74, 6) is 0.432. The van der Waals surface area contributed by atoms with E-state index >= 15 is 0 Å². The van der Waals surface area contributed by atoms with Crippen LogP contribution >= 0.6 is 0 Å². The molecule has 2 rings (SSSR count). The van der Waals surface area contributed by atoms with E-state index in [4.69, 9.17) is 0 Å². The van der Waals surface area contributed by atoms with Crippen molar-refractivity contribution in [2.75, 3.05) is 0 Å². The Kier molecular flexibility index (Phi) is 5.37. The molecule has 0 radical (unpaired) electrons. The van der Waals surface area contributed by atoms with Crippen LogP contribution in [0.2, 0.25) is 0 Å². The van der Waals surface area contributed by atoms with Crippen LogP contribution in [0.25, 0.3) is 0 Å². The summed E-state index contributed by atoms with van der Waals surface area (Å²) in [6.07, 6.45) is 7.25. The van der Waals surface area contributed by atoms with Gasteiger partial charge >= 0.3 is 0 Å². The second-order valence-electron chi connectivity index (χ2n) is 7.56. The molecular formula is C18H29N3O2. The number of ketones is 2. The lowest BCUT2D eigenvalue weighted by Gasteiger charge is -2.30. The Morgan fingerprint density at radius 3 is 2.70 bits per heavy atom. The highest BCUT2D eigenvalue weighted by Crippen LogP contribution is 2.35. The first-order chi connectivity index (χ1) is 10.8. The highest BCUT2D eigenvalue weighted by Gasteiger charge is 2.36. The van der Waals surface area contributed by atoms with Gasteiger partial charge in [0.2, 0.25) is 0 Å². The standard InChI is InChI=1S/C18H29N3O2/c1-5-17(3)12-15-13-21(20-19-15)11-7-6-9-18(4,14(2)22)10-8-16(17)23/h13H,5-12H2,1-4H3/t17-,18+/m0/s1. The fourth-order valence-corrected chi connectivity index (χ4v) is 3.31. The summed E-state index contributed by atoms with van der Waals surface area (Å²) in [7, 11) is 0. The zero-order valence-electron chi connectivity index (χ0n) is 14.9. The van der Waals surface area contributed by atoms with Crippen LogP contribution in [0, 0.1) is 10.8 Å². The SMILES string of the molecule is CC[C@@]1(C)Cc2cn(nn2)CCCC[C@@](C)(C(C)=O)CCC1=O. The zero-order chi connectivity index (χ0) is 17.1. The number of carbonyl (C=O) groups is 2. The molecule has 0 fully saturated rings. The van der Waals surface area contributed by atoms with E-state index in [1.165, 1.54) is 0 Å². The summed E-state index contributed by atoms with van der Waals surface area (Å²) in [4.78, 5) is 24.9. The molecule has 0 aromatic carbocycles. The van der Waals surface area contributed by atoms with Gasteiger partial charge < -0.3 is 0 Å². The quantitative estimate of drug-likeness (QED) is 0.838. The molecule has 23 heavy (non-hydrogen) atoms. The third-order valence-corrected chi connectivity index (χ3v) is 5.73. The van der Waals surface area contributed by atoms with Crippen LogP contribution in [-0.4, -0.2) is 26.6 Å². The molecule has 0 saturated heterocycles. The van der Waals surface area contributed by atoms with Crippen molar-refractivity contribution in [3.63, 3.8) is 0 Å². The number of rotatable bonds is 2. The highest BCUT2D eigenvalue weighted by molar-refractivity contribution is 5.86. The highest BCUT2D eigenvalue weighted by atomic mass is 16.1. The number of nitrogens with zero attached hydrogens (tertiary/aromatic N) is 3. The van der Waals surface area contributed by atoms with E-state index in [2.05, 4.69) is 10.3 Å². The summed E-state index contributed by atoms with van der Waals surface area (Å²) < 4.78 is 1.86. The van der Waals surface area contributed by atoms with Crippen LogP contribution in [0.3, 0.4) is 0 Å². The molecule has 128 valence electrons. The van der Waals surface area contributed by atoms with Crippen molar-refractivity contribution in [2.45, 2.75) is 79.2 Å². The number of fused-ring (bicyclic) bond motifs is 2. The van der Waals surface area contributed by atoms with Crippen molar-refractivity contribution in [3.8, 4) is 0 Å². The summed E-state index contributed by atoms with van der Waals surface area (Å²) in [6.45, 7) is 8.55. The molecule has 5 nitrogen and oxygen atoms in total. The molecule has 0 N–H and O–H groups in total. The molecule has 1 aromatic heterocycles. The van der Waals surface area contributed by atoms with Gasteiger partial charge in [-0.2, -0.15) is 0 Å². The van der Waals surface area contributed by atoms with Crippen molar-refractivity contribution in [1.82, 2.24) is 15.0 Å². The van der Waals surface area contributed by atoms with E-state index in [1.807, 2.05) is 31.6 Å². The Labute approximate surface area is 138 Å². The van der Waals surface area contributed by atoms with Gasteiger partial charge in [0.25, 0.3) is 0 Å². The van der Waals surface area contributed by atoms with Crippen LogP contribution in [0.5, 0.6) is 0 Å². The van der Waals surface area contributed by atoms with Gasteiger partial charge in [0, 0.05) is 36.4 Å². The van der Waals surface area contributed by atoms with Gasteiger partial charge in [-0.3, -0.25) is 14.3 Å². The third kappa shape index (κ3) is 4.06. The van der Waals surface area contributed by atoms with Gasteiger partial charge in [-0.05, 0) is 32.6 Å². The maximum absolute atomic E-state index is 12.8. The maximum Gasteiger partial charge on any atom is 0.139 e. The van der Waals surface area contributed by atoms with Crippen LogP contribution < -0.4 is 0 Å². The largest absolute Gasteiger partial charge is 0.299 e. The van der Waals surface area contributed by atoms with E-state index in [0.717, 1.165) is 37.9 Å². The minimum atomic E-state index is -0.424. The van der Waals surface area contributed by atoms with Crippen LogP contribution in [0.4, 0.5) is 0 Å². The van der Waals surface area contributed by atoms with Gasteiger partial charge in [0.1, 0.15) is 11.6 Å². The molecule has 2 atom stereocenters. The topological polar surface area (TPSA) is 64.8 Å². The molecule has 1 aliphatic heterocycles. The van der Waals surface area contributed by atoms with Gasteiger partial charge in [-0.15, -0.1) is 5.10 Å². The Morgan fingerprint density at radius 2 is 2.04 bits per heavy atom. The molecule has 0 saturated carbocycles. The molecule has 2 bridgehead atoms. The number of aryl methyl sites for hydroxylation is 1. The minimum absolute atomic E-state index is 0.195. The lowest BCUT2D eigenvalue weighted by Crippen LogP contribution is -2.33. The van der Waals surface area contributed by atoms with Crippen molar-refractivity contribution in [3.05, 3.63) is 11.9 Å². The normalized spacial score (nSPS) is 30.2. The van der Waals surface area contributed by atoms with Crippen LogP contribution in [0.15, 0.2) is 6.20 Å². The second kappa shape index (κ2) is 6.93. The summed E-state index contributed by atoms with van der Waals surface area (Å²) in [6, 6.07) is 0. The van der Waals surface area contributed by atoms with Crippen LogP contribution in [0.1, 0.15) is 71.9 Å². The average molecular weight is 319 g/mol. The molecule has 0 spiro atoms. The molecule has 0 aliphatic carbocycles. The number of aromatic nitrogens is 3. The van der Waals surface area contributed by atoms with Gasteiger partial charge in [-0.1, -0.05) is 32.4 Å². The fourth-order valence-electron chi connectivity index (χ4n) is 3.31. The Balaban J connectivity index is 2.26. The fraction of sp³-hybridized carbons (Fsp3) is 0.778. The van der Waals surface area contributed by atoms with Crippen molar-refractivity contribution < 1.29 is 9.59 Å². The Bertz CT molecular complexity index is 581. The molecule has 0 unspecified atom stereocenters. The second-order valence-corrected chi connectivity index (χ2v) is 7.56. The smallest absolute Gasteiger partial charge is 0.139 e. The molecular weight excluding hydrogens is 290 g/mol. The number of carbonyl (C=O) groups excluding carboxylic acids is 2. The first-order valence-corrected chi connectivity index (χ1v) is 8.72. The third-order valence-electron chi connectivity index (χ3n) is 5.73. The molecule has 1 aromatic rings. The van der Waals surface area contributed by atoms with E-state index in [-0.39, 0.29) is 17.0 Å². The Morgan fingerprint density at radius 1 is 1.30 bits per heavy atom. The lowest BCUT2D eigenvalue weighted by atomic mass is 9.72. The van der Waals surface area contributed by atoms with E-state index in [9.17, 15) is 9.59 Å². The van der Waals surface area contributed by atoms with Crippen molar-refractivity contribution in [1.29, 1.82) is 0 Å². The predicted octanol–water partition coefficient (Wildman–Crippen LogP) is 3.37.